The predicted molar refractivity (Wildman–Crippen MR) is 57.3 cm³/mol. The van der Waals surface area contributed by atoms with Crippen LogP contribution in [-0.4, -0.2) is 16.1 Å². The monoisotopic (exact) mass is 245 g/mol. The number of rotatable bonds is 3. The van der Waals surface area contributed by atoms with Crippen molar-refractivity contribution in [3.63, 3.8) is 0 Å². The molecule has 3 nitrogen and oxygen atoms in total. The summed E-state index contributed by atoms with van der Waals surface area (Å²) in [6.07, 6.45) is 1.92. The maximum atomic E-state index is 11.0. The van der Waals surface area contributed by atoms with Gasteiger partial charge in [-0.15, -0.1) is 0 Å². The van der Waals surface area contributed by atoms with Gasteiger partial charge in [-0.3, -0.25) is 4.79 Å². The van der Waals surface area contributed by atoms with Crippen LogP contribution in [0.1, 0.15) is 18.4 Å². The van der Waals surface area contributed by atoms with Gasteiger partial charge in [0, 0.05) is 0 Å². The Morgan fingerprint density at radius 2 is 1.93 bits per heavy atom. The lowest BCUT2D eigenvalue weighted by molar-refractivity contribution is -0.143. The van der Waals surface area contributed by atoms with Crippen LogP contribution in [0.5, 0.6) is 0 Å². The minimum atomic E-state index is -0.744. The molecule has 0 aliphatic heterocycles. The summed E-state index contributed by atoms with van der Waals surface area (Å²) >= 11 is 11.5. The van der Waals surface area contributed by atoms with E-state index in [1.807, 2.05) is 0 Å². The van der Waals surface area contributed by atoms with Crippen molar-refractivity contribution in [2.75, 3.05) is 0 Å². The molecule has 0 amide bonds. The number of carboxylic acid groups (broad SMARTS) is 1. The molecule has 0 atom stereocenters. The molecule has 1 aromatic heterocycles. The van der Waals surface area contributed by atoms with Gasteiger partial charge in [0.25, 0.3) is 0 Å². The van der Waals surface area contributed by atoms with E-state index in [0.29, 0.717) is 16.7 Å². The molecule has 80 valence electrons. The molecular weight excluding hydrogens is 237 g/mol. The van der Waals surface area contributed by atoms with Gasteiger partial charge in [0.2, 0.25) is 0 Å². The normalized spacial score (nSPS) is 17.5. The van der Waals surface area contributed by atoms with E-state index in [1.54, 1.807) is 12.1 Å². The number of aromatic nitrogens is 1. The lowest BCUT2D eigenvalue weighted by Crippen LogP contribution is -2.17. The zero-order valence-corrected chi connectivity index (χ0v) is 9.35. The standard InChI is InChI=1S/C10H9Cl2NO2/c11-7-3-6(4-8(12)13-7)5-10(1-2-10)9(14)15/h3-4H,1-2,5H2,(H,14,15). The van der Waals surface area contributed by atoms with Gasteiger partial charge in [-0.25, -0.2) is 4.98 Å². The number of halogens is 2. The Labute approximate surface area is 97.0 Å². The van der Waals surface area contributed by atoms with E-state index >= 15 is 0 Å². The molecule has 1 N–H and O–H groups in total. The van der Waals surface area contributed by atoms with Crippen LogP contribution < -0.4 is 0 Å². The van der Waals surface area contributed by atoms with Crippen molar-refractivity contribution in [2.24, 2.45) is 5.41 Å². The first kappa shape index (κ1) is 10.7. The van der Waals surface area contributed by atoms with E-state index in [9.17, 15) is 4.79 Å². The predicted octanol–water partition coefficient (Wildman–Crippen LogP) is 2.80. The van der Waals surface area contributed by atoms with E-state index in [2.05, 4.69) is 4.98 Å². The first-order chi connectivity index (χ1) is 7.02. The number of nitrogens with zero attached hydrogens (tertiary/aromatic N) is 1. The Bertz CT molecular complexity index is 396. The Hall–Kier alpha value is -0.800. The van der Waals surface area contributed by atoms with E-state index in [0.717, 1.165) is 18.4 Å². The summed E-state index contributed by atoms with van der Waals surface area (Å²) in [4.78, 5) is 14.8. The molecule has 0 saturated heterocycles. The summed E-state index contributed by atoms with van der Waals surface area (Å²) in [7, 11) is 0. The summed E-state index contributed by atoms with van der Waals surface area (Å²) in [5.41, 5.74) is 0.244. The van der Waals surface area contributed by atoms with Gasteiger partial charge in [0.1, 0.15) is 10.3 Å². The minimum absolute atomic E-state index is 0.304. The highest BCUT2D eigenvalue weighted by Crippen LogP contribution is 2.48. The number of hydrogen-bond acceptors (Lipinski definition) is 2. The fraction of sp³-hybridized carbons (Fsp3) is 0.400. The van der Waals surface area contributed by atoms with Crippen LogP contribution >= 0.6 is 23.2 Å². The fourth-order valence-electron chi connectivity index (χ4n) is 1.62. The molecule has 1 heterocycles. The van der Waals surface area contributed by atoms with Gasteiger partial charge in [-0.05, 0) is 37.0 Å². The second-order valence-corrected chi connectivity index (χ2v) is 4.66. The maximum Gasteiger partial charge on any atom is 0.309 e. The Kier molecular flexibility index (Phi) is 2.61. The van der Waals surface area contributed by atoms with Crippen molar-refractivity contribution in [2.45, 2.75) is 19.3 Å². The van der Waals surface area contributed by atoms with Gasteiger partial charge in [0.05, 0.1) is 5.41 Å². The van der Waals surface area contributed by atoms with Gasteiger partial charge in [-0.2, -0.15) is 0 Å². The molecule has 0 spiro atoms. The highest BCUT2D eigenvalue weighted by Gasteiger charge is 2.49. The Morgan fingerprint density at radius 1 is 1.40 bits per heavy atom. The van der Waals surface area contributed by atoms with Crippen molar-refractivity contribution < 1.29 is 9.90 Å². The van der Waals surface area contributed by atoms with E-state index in [-0.39, 0.29) is 0 Å². The van der Waals surface area contributed by atoms with Crippen LogP contribution in [-0.2, 0) is 11.2 Å². The average Bonchev–Trinajstić information content (AvgIpc) is 2.83. The molecule has 1 saturated carbocycles. The largest absolute Gasteiger partial charge is 0.481 e. The van der Waals surface area contributed by atoms with E-state index in [1.165, 1.54) is 0 Å². The molecule has 0 bridgehead atoms. The molecule has 1 aliphatic carbocycles. The van der Waals surface area contributed by atoms with Crippen LogP contribution in [0.3, 0.4) is 0 Å². The van der Waals surface area contributed by atoms with Crippen LogP contribution in [0.15, 0.2) is 12.1 Å². The lowest BCUT2D eigenvalue weighted by atomic mass is 9.97. The van der Waals surface area contributed by atoms with Crippen LogP contribution in [0.2, 0.25) is 10.3 Å². The zero-order chi connectivity index (χ0) is 11.1. The van der Waals surface area contributed by atoms with Gasteiger partial charge in [0.15, 0.2) is 0 Å². The van der Waals surface area contributed by atoms with E-state index in [4.69, 9.17) is 28.3 Å². The molecule has 1 aromatic rings. The molecule has 15 heavy (non-hydrogen) atoms. The molecule has 0 radical (unpaired) electrons. The van der Waals surface area contributed by atoms with Crippen molar-refractivity contribution in [3.8, 4) is 0 Å². The summed E-state index contributed by atoms with van der Waals surface area (Å²) in [6, 6.07) is 3.33. The quantitative estimate of drug-likeness (QED) is 0.834. The third-order valence-corrected chi connectivity index (χ3v) is 3.06. The lowest BCUT2D eigenvalue weighted by Gasteiger charge is -2.09. The maximum absolute atomic E-state index is 11.0. The number of carbonyl (C=O) groups is 1. The van der Waals surface area contributed by atoms with Gasteiger partial charge >= 0.3 is 5.97 Å². The van der Waals surface area contributed by atoms with Gasteiger partial charge < -0.3 is 5.11 Å². The molecule has 1 fully saturated rings. The molecule has 2 rings (SSSR count). The summed E-state index contributed by atoms with van der Waals surface area (Å²) < 4.78 is 0. The average molecular weight is 246 g/mol. The second kappa shape index (κ2) is 3.65. The van der Waals surface area contributed by atoms with E-state index < -0.39 is 11.4 Å². The summed E-state index contributed by atoms with van der Waals surface area (Å²) in [6.45, 7) is 0. The summed E-state index contributed by atoms with van der Waals surface area (Å²) in [5.74, 6) is -0.744. The van der Waals surface area contributed by atoms with Crippen LogP contribution in [0.4, 0.5) is 0 Å². The smallest absolute Gasteiger partial charge is 0.309 e. The third-order valence-electron chi connectivity index (χ3n) is 2.67. The Morgan fingerprint density at radius 3 is 2.33 bits per heavy atom. The topological polar surface area (TPSA) is 50.2 Å². The Balaban J connectivity index is 2.21. The highest BCUT2D eigenvalue weighted by atomic mass is 35.5. The SMILES string of the molecule is O=C(O)C1(Cc2cc(Cl)nc(Cl)c2)CC1. The van der Waals surface area contributed by atoms with Crippen molar-refractivity contribution >= 4 is 29.2 Å². The first-order valence-corrected chi connectivity index (χ1v) is 5.33. The molecule has 0 aromatic carbocycles. The zero-order valence-electron chi connectivity index (χ0n) is 7.83. The molecule has 5 heteroatoms. The third kappa shape index (κ3) is 2.24. The first-order valence-electron chi connectivity index (χ1n) is 4.57. The second-order valence-electron chi connectivity index (χ2n) is 3.88. The van der Waals surface area contributed by atoms with Crippen molar-refractivity contribution in [1.82, 2.24) is 4.98 Å². The van der Waals surface area contributed by atoms with Crippen molar-refractivity contribution in [3.05, 3.63) is 28.0 Å². The molecular formula is C10H9Cl2NO2. The van der Waals surface area contributed by atoms with Crippen molar-refractivity contribution in [1.29, 1.82) is 0 Å². The molecule has 1 aliphatic rings. The van der Waals surface area contributed by atoms with Crippen LogP contribution in [0.25, 0.3) is 0 Å². The number of aliphatic carboxylic acids is 1. The highest BCUT2D eigenvalue weighted by molar-refractivity contribution is 6.32. The van der Waals surface area contributed by atoms with Crippen LogP contribution in [0, 0.1) is 5.41 Å². The number of pyridine rings is 1. The minimum Gasteiger partial charge on any atom is -0.481 e. The molecule has 0 unspecified atom stereocenters. The fourth-order valence-corrected chi connectivity index (χ4v) is 2.13. The number of hydrogen-bond donors (Lipinski definition) is 1. The number of carboxylic acids is 1. The summed E-state index contributed by atoms with van der Waals surface area (Å²) in [5, 5.41) is 9.63. The van der Waals surface area contributed by atoms with Gasteiger partial charge in [-0.1, -0.05) is 23.2 Å².